The third-order valence-corrected chi connectivity index (χ3v) is 2.58. The standard InChI is InChI=1S/C7H6BrNO2S/c1-11-7(10)3-2-6-9-5(8)4-12-6/h2-4H,1H3. The molecule has 0 saturated heterocycles. The number of ether oxygens (including phenoxy) is 1. The summed E-state index contributed by atoms with van der Waals surface area (Å²) in [7, 11) is 1.34. The van der Waals surface area contributed by atoms with Crippen LogP contribution in [0.15, 0.2) is 16.1 Å². The summed E-state index contributed by atoms with van der Waals surface area (Å²) in [5, 5.41) is 2.61. The van der Waals surface area contributed by atoms with Crippen LogP contribution in [0, 0.1) is 0 Å². The van der Waals surface area contributed by atoms with Crippen molar-refractivity contribution in [1.82, 2.24) is 4.98 Å². The molecule has 5 heteroatoms. The molecule has 64 valence electrons. The molecule has 1 rings (SSSR count). The van der Waals surface area contributed by atoms with E-state index in [0.717, 1.165) is 9.61 Å². The molecule has 1 heterocycles. The van der Waals surface area contributed by atoms with Gasteiger partial charge in [0.25, 0.3) is 0 Å². The first-order valence-corrected chi connectivity index (χ1v) is 4.76. The molecular weight excluding hydrogens is 242 g/mol. The zero-order valence-electron chi connectivity index (χ0n) is 6.28. The minimum atomic E-state index is -0.374. The molecule has 0 spiro atoms. The quantitative estimate of drug-likeness (QED) is 0.594. The molecule has 1 aromatic rings. The Kier molecular flexibility index (Phi) is 3.43. The molecule has 0 aliphatic heterocycles. The number of esters is 1. The summed E-state index contributed by atoms with van der Waals surface area (Å²) in [5.74, 6) is -0.374. The molecule has 0 bridgehead atoms. The van der Waals surface area contributed by atoms with Crippen molar-refractivity contribution in [3.63, 3.8) is 0 Å². The van der Waals surface area contributed by atoms with E-state index in [1.165, 1.54) is 24.5 Å². The first-order valence-electron chi connectivity index (χ1n) is 3.09. The van der Waals surface area contributed by atoms with Gasteiger partial charge in [-0.3, -0.25) is 0 Å². The van der Waals surface area contributed by atoms with Crippen LogP contribution >= 0.6 is 27.3 Å². The lowest BCUT2D eigenvalue weighted by Gasteiger charge is -1.86. The lowest BCUT2D eigenvalue weighted by molar-refractivity contribution is -0.134. The first-order chi connectivity index (χ1) is 5.72. The number of thiazole rings is 1. The highest BCUT2D eigenvalue weighted by atomic mass is 79.9. The van der Waals surface area contributed by atoms with Crippen molar-refractivity contribution < 1.29 is 9.53 Å². The van der Waals surface area contributed by atoms with E-state index in [4.69, 9.17) is 0 Å². The zero-order valence-corrected chi connectivity index (χ0v) is 8.68. The Hall–Kier alpha value is -0.680. The second-order valence-electron chi connectivity index (χ2n) is 1.86. The summed E-state index contributed by atoms with van der Waals surface area (Å²) in [6, 6.07) is 0. The van der Waals surface area contributed by atoms with E-state index >= 15 is 0 Å². The Bertz CT molecular complexity index is 308. The van der Waals surface area contributed by atoms with Crippen molar-refractivity contribution in [2.24, 2.45) is 0 Å². The molecule has 0 atom stereocenters. The molecular formula is C7H6BrNO2S. The van der Waals surface area contributed by atoms with E-state index < -0.39 is 0 Å². The van der Waals surface area contributed by atoms with Gasteiger partial charge in [-0.05, 0) is 22.0 Å². The fourth-order valence-corrected chi connectivity index (χ4v) is 1.71. The van der Waals surface area contributed by atoms with Gasteiger partial charge >= 0.3 is 5.97 Å². The number of methoxy groups -OCH3 is 1. The highest BCUT2D eigenvalue weighted by molar-refractivity contribution is 9.10. The molecule has 0 saturated carbocycles. The summed E-state index contributed by atoms with van der Waals surface area (Å²) in [6.07, 6.45) is 2.95. The second-order valence-corrected chi connectivity index (χ2v) is 3.57. The van der Waals surface area contributed by atoms with Crippen LogP contribution in [0.25, 0.3) is 6.08 Å². The summed E-state index contributed by atoms with van der Waals surface area (Å²) in [5.41, 5.74) is 0. The number of rotatable bonds is 2. The van der Waals surface area contributed by atoms with Crippen molar-refractivity contribution in [2.75, 3.05) is 7.11 Å². The molecule has 0 aliphatic rings. The van der Waals surface area contributed by atoms with Gasteiger partial charge in [-0.1, -0.05) is 0 Å². The van der Waals surface area contributed by atoms with Crippen LogP contribution in [-0.4, -0.2) is 18.1 Å². The summed E-state index contributed by atoms with van der Waals surface area (Å²) < 4.78 is 5.19. The van der Waals surface area contributed by atoms with Crippen molar-refractivity contribution in [2.45, 2.75) is 0 Å². The van der Waals surface area contributed by atoms with Crippen molar-refractivity contribution in [3.05, 3.63) is 21.1 Å². The Morgan fingerprint density at radius 2 is 2.58 bits per heavy atom. The van der Waals surface area contributed by atoms with Gasteiger partial charge in [0.1, 0.15) is 9.61 Å². The molecule has 0 aliphatic carbocycles. The van der Waals surface area contributed by atoms with E-state index in [-0.39, 0.29) is 5.97 Å². The van der Waals surface area contributed by atoms with E-state index in [0.29, 0.717) is 0 Å². The predicted octanol–water partition coefficient (Wildman–Crippen LogP) is 2.09. The highest BCUT2D eigenvalue weighted by Crippen LogP contribution is 2.15. The number of hydrogen-bond acceptors (Lipinski definition) is 4. The lowest BCUT2D eigenvalue weighted by Crippen LogP contribution is -1.92. The van der Waals surface area contributed by atoms with Crippen LogP contribution in [0.1, 0.15) is 5.01 Å². The van der Waals surface area contributed by atoms with Gasteiger partial charge in [-0.2, -0.15) is 0 Å². The number of aromatic nitrogens is 1. The van der Waals surface area contributed by atoms with Crippen molar-refractivity contribution in [1.29, 1.82) is 0 Å². The number of carbonyl (C=O) groups is 1. The van der Waals surface area contributed by atoms with Crippen LogP contribution in [-0.2, 0) is 9.53 Å². The van der Waals surface area contributed by atoms with Crippen LogP contribution in [0.2, 0.25) is 0 Å². The van der Waals surface area contributed by atoms with Gasteiger partial charge in [0.05, 0.1) is 7.11 Å². The fraction of sp³-hybridized carbons (Fsp3) is 0.143. The van der Waals surface area contributed by atoms with Crippen molar-refractivity contribution in [3.8, 4) is 0 Å². The van der Waals surface area contributed by atoms with Gasteiger partial charge < -0.3 is 4.74 Å². The van der Waals surface area contributed by atoms with Crippen LogP contribution in [0.5, 0.6) is 0 Å². The smallest absolute Gasteiger partial charge is 0.330 e. The number of carbonyl (C=O) groups excluding carboxylic acids is 1. The number of hydrogen-bond donors (Lipinski definition) is 0. The molecule has 0 amide bonds. The normalized spacial score (nSPS) is 10.5. The second kappa shape index (κ2) is 4.37. The Morgan fingerprint density at radius 1 is 1.83 bits per heavy atom. The van der Waals surface area contributed by atoms with E-state index in [2.05, 4.69) is 25.7 Å². The predicted molar refractivity (Wildman–Crippen MR) is 50.9 cm³/mol. The number of halogens is 1. The Labute approximate surface area is 82.2 Å². The van der Waals surface area contributed by atoms with Gasteiger partial charge in [0.2, 0.25) is 0 Å². The van der Waals surface area contributed by atoms with Gasteiger partial charge in [0, 0.05) is 11.5 Å². The fourth-order valence-electron chi connectivity index (χ4n) is 0.551. The maximum Gasteiger partial charge on any atom is 0.330 e. The molecule has 0 N–H and O–H groups in total. The third-order valence-electron chi connectivity index (χ3n) is 1.06. The third kappa shape index (κ3) is 2.75. The highest BCUT2D eigenvalue weighted by Gasteiger charge is 1.95. The molecule has 3 nitrogen and oxygen atoms in total. The van der Waals surface area contributed by atoms with Gasteiger partial charge in [-0.15, -0.1) is 11.3 Å². The van der Waals surface area contributed by atoms with E-state index in [9.17, 15) is 4.79 Å². The maximum absolute atomic E-state index is 10.6. The van der Waals surface area contributed by atoms with E-state index in [1.54, 1.807) is 6.08 Å². The van der Waals surface area contributed by atoms with Gasteiger partial charge in [-0.25, -0.2) is 9.78 Å². The minimum absolute atomic E-state index is 0.374. The summed E-state index contributed by atoms with van der Waals surface area (Å²) >= 11 is 4.65. The van der Waals surface area contributed by atoms with Crippen LogP contribution < -0.4 is 0 Å². The monoisotopic (exact) mass is 247 g/mol. The average molecular weight is 248 g/mol. The lowest BCUT2D eigenvalue weighted by atomic mass is 10.5. The van der Waals surface area contributed by atoms with Crippen molar-refractivity contribution >= 4 is 39.3 Å². The van der Waals surface area contributed by atoms with Crippen LogP contribution in [0.4, 0.5) is 0 Å². The topological polar surface area (TPSA) is 39.2 Å². The molecule has 0 radical (unpaired) electrons. The molecule has 0 aromatic carbocycles. The first kappa shape index (κ1) is 9.41. The Morgan fingerprint density at radius 3 is 3.08 bits per heavy atom. The zero-order chi connectivity index (χ0) is 8.97. The average Bonchev–Trinajstić information content (AvgIpc) is 2.47. The van der Waals surface area contributed by atoms with E-state index in [1.807, 2.05) is 5.38 Å². The minimum Gasteiger partial charge on any atom is -0.466 e. The summed E-state index contributed by atoms with van der Waals surface area (Å²) in [6.45, 7) is 0. The molecule has 12 heavy (non-hydrogen) atoms. The molecule has 0 unspecified atom stereocenters. The van der Waals surface area contributed by atoms with Gasteiger partial charge in [0.15, 0.2) is 0 Å². The molecule has 0 fully saturated rings. The molecule has 1 aromatic heterocycles. The Balaban J connectivity index is 2.63. The number of nitrogens with zero attached hydrogens (tertiary/aromatic N) is 1. The maximum atomic E-state index is 10.6. The summed E-state index contributed by atoms with van der Waals surface area (Å²) in [4.78, 5) is 14.7. The largest absolute Gasteiger partial charge is 0.466 e. The van der Waals surface area contributed by atoms with Crippen LogP contribution in [0.3, 0.4) is 0 Å². The SMILES string of the molecule is COC(=O)C=Cc1nc(Br)cs1.